The number of carbonyl (C=O) groups is 1. The lowest BCUT2D eigenvalue weighted by molar-refractivity contribution is -0.624. The number of pyridine rings is 2. The highest BCUT2D eigenvalue weighted by atomic mass is 35.5. The number of nitrogens with one attached hydrogen (secondary N) is 2. The highest BCUT2D eigenvalue weighted by Gasteiger charge is 2.39. The number of anilines is 1. The van der Waals surface area contributed by atoms with Crippen LogP contribution in [0.5, 0.6) is 0 Å². The van der Waals surface area contributed by atoms with Crippen molar-refractivity contribution in [3.05, 3.63) is 81.0 Å². The molecule has 3 aromatic rings. The first-order valence-corrected chi connectivity index (χ1v) is 11.5. The summed E-state index contributed by atoms with van der Waals surface area (Å²) in [6.07, 6.45) is 3.63. The van der Waals surface area contributed by atoms with Gasteiger partial charge in [-0.15, -0.1) is 11.8 Å². The second-order valence-corrected chi connectivity index (χ2v) is 8.64. The van der Waals surface area contributed by atoms with Crippen LogP contribution in [0.25, 0.3) is 0 Å². The molecule has 3 heterocycles. The summed E-state index contributed by atoms with van der Waals surface area (Å²) in [6, 6.07) is 7.30. The number of nitrogens with zero attached hydrogens (tertiary/aromatic N) is 4. The number of aromatic nitrogens is 4. The number of rotatable bonds is 10. The minimum Gasteiger partial charge on any atom is -0.618 e. The molecule has 1 amide bonds. The van der Waals surface area contributed by atoms with Gasteiger partial charge in [0.1, 0.15) is 11.7 Å². The Kier molecular flexibility index (Phi) is 8.40. The number of hydrogen-bond donors (Lipinski definition) is 2. The maximum Gasteiger partial charge on any atom is 0.347 e. The van der Waals surface area contributed by atoms with E-state index in [0.29, 0.717) is 5.69 Å². The molecule has 0 bridgehead atoms. The SMILES string of the molecule is CCSc1cccnc1CNC(=O)Cn1c(Cl)cnc(NCC(F)(F)c2cccc[n+]2[O-])c1=O. The van der Waals surface area contributed by atoms with Crippen molar-refractivity contribution >= 4 is 35.1 Å². The molecular weight excluding hydrogens is 490 g/mol. The fourth-order valence-corrected chi connectivity index (χ4v) is 3.92. The quantitative estimate of drug-likeness (QED) is 0.244. The Labute approximate surface area is 202 Å². The average molecular weight is 511 g/mol. The third kappa shape index (κ3) is 6.20. The van der Waals surface area contributed by atoms with Gasteiger partial charge in [-0.2, -0.15) is 13.5 Å². The molecule has 34 heavy (non-hydrogen) atoms. The Bertz CT molecular complexity index is 1230. The van der Waals surface area contributed by atoms with Gasteiger partial charge in [0.25, 0.3) is 11.3 Å². The lowest BCUT2D eigenvalue weighted by atomic mass is 10.2. The van der Waals surface area contributed by atoms with Gasteiger partial charge in [-0.05, 0) is 24.0 Å². The van der Waals surface area contributed by atoms with Crippen molar-refractivity contribution in [1.82, 2.24) is 19.9 Å². The molecule has 180 valence electrons. The van der Waals surface area contributed by atoms with E-state index in [-0.39, 0.29) is 16.4 Å². The molecule has 0 aliphatic heterocycles. The monoisotopic (exact) mass is 510 g/mol. The lowest BCUT2D eigenvalue weighted by Gasteiger charge is -2.17. The van der Waals surface area contributed by atoms with Crippen molar-refractivity contribution in [1.29, 1.82) is 0 Å². The maximum atomic E-state index is 14.5. The van der Waals surface area contributed by atoms with Gasteiger partial charge in [-0.25, -0.2) is 4.98 Å². The smallest absolute Gasteiger partial charge is 0.347 e. The number of carbonyl (C=O) groups excluding carboxylic acids is 1. The summed E-state index contributed by atoms with van der Waals surface area (Å²) in [4.78, 5) is 34.1. The van der Waals surface area contributed by atoms with Crippen molar-refractivity contribution < 1.29 is 18.3 Å². The predicted molar refractivity (Wildman–Crippen MR) is 124 cm³/mol. The third-order valence-electron chi connectivity index (χ3n) is 4.59. The van der Waals surface area contributed by atoms with E-state index in [1.54, 1.807) is 24.0 Å². The van der Waals surface area contributed by atoms with E-state index in [9.17, 15) is 23.6 Å². The van der Waals surface area contributed by atoms with E-state index in [1.807, 2.05) is 13.0 Å². The number of thioether (sulfide) groups is 1. The van der Waals surface area contributed by atoms with Gasteiger partial charge in [0.05, 0.1) is 25.0 Å². The summed E-state index contributed by atoms with van der Waals surface area (Å²) >= 11 is 7.60. The Morgan fingerprint density at radius 2 is 2.09 bits per heavy atom. The van der Waals surface area contributed by atoms with Crippen molar-refractivity contribution in [2.75, 3.05) is 17.6 Å². The first-order valence-electron chi connectivity index (χ1n) is 10.1. The topological polar surface area (TPSA) is 116 Å². The first kappa shape index (κ1) is 25.4. The minimum atomic E-state index is -3.59. The fourth-order valence-electron chi connectivity index (χ4n) is 2.96. The molecule has 0 saturated carbocycles. The summed E-state index contributed by atoms with van der Waals surface area (Å²) in [5, 5.41) is 16.4. The van der Waals surface area contributed by atoms with Crippen molar-refractivity contribution in [2.45, 2.75) is 30.8 Å². The van der Waals surface area contributed by atoms with Crippen LogP contribution in [0.1, 0.15) is 18.3 Å². The molecule has 9 nitrogen and oxygen atoms in total. The van der Waals surface area contributed by atoms with Gasteiger partial charge >= 0.3 is 5.92 Å². The molecule has 0 spiro atoms. The molecule has 0 unspecified atom stereocenters. The lowest BCUT2D eigenvalue weighted by Crippen LogP contribution is -2.41. The van der Waals surface area contributed by atoms with Crippen molar-refractivity contribution in [3.8, 4) is 0 Å². The van der Waals surface area contributed by atoms with Crippen LogP contribution in [0, 0.1) is 5.21 Å². The fraction of sp³-hybridized carbons (Fsp3) is 0.286. The minimum absolute atomic E-state index is 0.0472. The molecule has 13 heteroatoms. The molecule has 0 aliphatic rings. The van der Waals surface area contributed by atoms with Crippen LogP contribution >= 0.6 is 23.4 Å². The predicted octanol–water partition coefficient (Wildman–Crippen LogP) is 2.56. The summed E-state index contributed by atoms with van der Waals surface area (Å²) in [7, 11) is 0. The van der Waals surface area contributed by atoms with Gasteiger partial charge in [0, 0.05) is 23.2 Å². The highest BCUT2D eigenvalue weighted by Crippen LogP contribution is 2.25. The van der Waals surface area contributed by atoms with E-state index < -0.39 is 42.0 Å². The number of alkyl halides is 2. The standard InChI is InChI=1S/C21H21ClF2N6O3S/c1-2-34-15-6-5-8-25-14(15)10-26-18(31)12-29-17(22)11-27-19(20(29)32)28-13-21(23,24)16-7-3-4-9-30(16)33/h3-9,11H,2,10,12-13H2,1H3,(H,26,31)(H,27,28). The molecule has 0 saturated heterocycles. The van der Waals surface area contributed by atoms with Crippen LogP contribution in [0.3, 0.4) is 0 Å². The van der Waals surface area contributed by atoms with Crippen LogP contribution < -0.4 is 20.9 Å². The number of halogens is 3. The van der Waals surface area contributed by atoms with Gasteiger partial charge < -0.3 is 15.8 Å². The van der Waals surface area contributed by atoms with E-state index in [0.717, 1.165) is 33.7 Å². The zero-order chi connectivity index (χ0) is 24.7. The second-order valence-electron chi connectivity index (χ2n) is 6.95. The van der Waals surface area contributed by atoms with Crippen molar-refractivity contribution in [3.63, 3.8) is 0 Å². The molecule has 0 atom stereocenters. The molecule has 3 aromatic heterocycles. The maximum absolute atomic E-state index is 14.5. The summed E-state index contributed by atoms with van der Waals surface area (Å²) in [5.74, 6) is -3.71. The molecular formula is C21H21ClF2N6O3S. The van der Waals surface area contributed by atoms with Gasteiger partial charge in [0.15, 0.2) is 12.0 Å². The van der Waals surface area contributed by atoms with Crippen LogP contribution in [-0.4, -0.2) is 32.7 Å². The second kappa shape index (κ2) is 11.3. The van der Waals surface area contributed by atoms with Gasteiger partial charge in [-0.3, -0.25) is 19.1 Å². The molecule has 3 rings (SSSR count). The molecule has 2 N–H and O–H groups in total. The molecule has 0 aliphatic carbocycles. The van der Waals surface area contributed by atoms with Crippen molar-refractivity contribution in [2.24, 2.45) is 0 Å². The first-order chi connectivity index (χ1) is 16.2. The summed E-state index contributed by atoms with van der Waals surface area (Å²) < 4.78 is 29.9. The van der Waals surface area contributed by atoms with E-state index in [4.69, 9.17) is 11.6 Å². The van der Waals surface area contributed by atoms with Gasteiger partial charge in [0.2, 0.25) is 5.91 Å². The molecule has 0 radical (unpaired) electrons. The molecule has 0 aromatic carbocycles. The van der Waals surface area contributed by atoms with E-state index in [1.165, 1.54) is 12.1 Å². The Hall–Kier alpha value is -3.25. The zero-order valence-corrected chi connectivity index (χ0v) is 19.6. The van der Waals surface area contributed by atoms with Gasteiger partial charge in [-0.1, -0.05) is 18.5 Å². The largest absolute Gasteiger partial charge is 0.618 e. The molecule has 0 fully saturated rings. The van der Waals surface area contributed by atoms with Crippen LogP contribution in [-0.2, 0) is 23.8 Å². The average Bonchev–Trinajstić information content (AvgIpc) is 2.81. The number of amides is 1. The van der Waals surface area contributed by atoms with Crippen LogP contribution in [0.4, 0.5) is 14.6 Å². The zero-order valence-electron chi connectivity index (χ0n) is 18.0. The van der Waals surface area contributed by atoms with E-state index >= 15 is 0 Å². The normalized spacial score (nSPS) is 11.3. The Balaban J connectivity index is 1.69. The van der Waals surface area contributed by atoms with Crippen LogP contribution in [0.2, 0.25) is 5.15 Å². The Morgan fingerprint density at radius 1 is 1.29 bits per heavy atom. The highest BCUT2D eigenvalue weighted by molar-refractivity contribution is 7.99. The van der Waals surface area contributed by atoms with E-state index in [2.05, 4.69) is 20.6 Å². The third-order valence-corrected chi connectivity index (χ3v) is 5.86. The summed E-state index contributed by atoms with van der Waals surface area (Å²) in [6.45, 7) is 0.626. The Morgan fingerprint density at radius 3 is 2.82 bits per heavy atom. The summed E-state index contributed by atoms with van der Waals surface area (Å²) in [5.41, 5.74) is -0.968. The van der Waals surface area contributed by atoms with Crippen LogP contribution in [0.15, 0.2) is 58.6 Å². The number of hydrogen-bond acceptors (Lipinski definition) is 7.